The number of hydrogen-bond acceptors (Lipinski definition) is 4. The summed E-state index contributed by atoms with van der Waals surface area (Å²) in [6, 6.07) is 2.95. The van der Waals surface area contributed by atoms with Crippen molar-refractivity contribution in [2.45, 2.75) is 14.4 Å². The maximum atomic E-state index is 5.96. The SMILES string of the molecule is C.CCOP(=S)(OC)Oc1cc(Cl)c(Cl)cc1Cl. The van der Waals surface area contributed by atoms with Gasteiger partial charge in [0.25, 0.3) is 0 Å². The summed E-state index contributed by atoms with van der Waals surface area (Å²) >= 11 is 22.7. The zero-order valence-corrected chi connectivity index (χ0v) is 13.1. The predicted octanol–water partition coefficient (Wildman–Crippen LogP) is 5.57. The predicted molar refractivity (Wildman–Crippen MR) is 81.8 cm³/mol. The number of benzene rings is 1. The first kappa shape index (κ1) is 18.5. The minimum Gasteiger partial charge on any atom is -0.422 e. The van der Waals surface area contributed by atoms with Crippen molar-refractivity contribution in [3.05, 3.63) is 27.2 Å². The summed E-state index contributed by atoms with van der Waals surface area (Å²) in [4.78, 5) is 0. The lowest BCUT2D eigenvalue weighted by molar-refractivity contribution is 0.242. The molecule has 1 rings (SSSR count). The van der Waals surface area contributed by atoms with Crippen molar-refractivity contribution in [1.82, 2.24) is 0 Å². The van der Waals surface area contributed by atoms with Crippen LogP contribution in [0.3, 0.4) is 0 Å². The molecule has 0 radical (unpaired) electrons. The highest BCUT2D eigenvalue weighted by Gasteiger charge is 2.22. The molecule has 0 aliphatic rings. The minimum atomic E-state index is -2.84. The Bertz CT molecular complexity index is 456. The average Bonchev–Trinajstić information content (AvgIpc) is 2.26. The third kappa shape index (κ3) is 4.86. The van der Waals surface area contributed by atoms with Gasteiger partial charge in [-0.05, 0) is 13.0 Å². The molecular weight excluding hydrogens is 338 g/mol. The van der Waals surface area contributed by atoms with Crippen molar-refractivity contribution in [2.75, 3.05) is 13.7 Å². The van der Waals surface area contributed by atoms with Gasteiger partial charge in [0.15, 0.2) is 0 Å². The van der Waals surface area contributed by atoms with Crippen molar-refractivity contribution in [3.63, 3.8) is 0 Å². The van der Waals surface area contributed by atoms with Gasteiger partial charge in [-0.3, -0.25) is 4.52 Å². The highest BCUT2D eigenvalue weighted by Crippen LogP contribution is 2.51. The van der Waals surface area contributed by atoms with Crippen molar-refractivity contribution in [1.29, 1.82) is 0 Å². The summed E-state index contributed by atoms with van der Waals surface area (Å²) in [6.45, 7) is -0.666. The van der Waals surface area contributed by atoms with Gasteiger partial charge >= 0.3 is 6.72 Å². The molecule has 104 valence electrons. The molecule has 0 amide bonds. The molecule has 0 bridgehead atoms. The van der Waals surface area contributed by atoms with Crippen molar-refractivity contribution < 1.29 is 13.6 Å². The Labute approximate surface area is 128 Å². The summed E-state index contributed by atoms with van der Waals surface area (Å²) < 4.78 is 15.8. The van der Waals surface area contributed by atoms with Crippen LogP contribution in [0.1, 0.15) is 14.4 Å². The van der Waals surface area contributed by atoms with E-state index in [4.69, 9.17) is 60.2 Å². The first-order valence-corrected chi connectivity index (χ1v) is 8.25. The second kappa shape index (κ2) is 7.91. The molecule has 0 N–H and O–H groups in total. The second-order valence-corrected chi connectivity index (χ2v) is 7.10. The van der Waals surface area contributed by atoms with Gasteiger partial charge in [0.05, 0.1) is 21.7 Å². The van der Waals surface area contributed by atoms with Gasteiger partial charge in [0.2, 0.25) is 0 Å². The molecule has 18 heavy (non-hydrogen) atoms. The highest BCUT2D eigenvalue weighted by molar-refractivity contribution is 8.07. The van der Waals surface area contributed by atoms with Crippen LogP contribution >= 0.6 is 41.5 Å². The van der Waals surface area contributed by atoms with E-state index >= 15 is 0 Å². The molecule has 1 aromatic rings. The van der Waals surface area contributed by atoms with Crippen molar-refractivity contribution in [3.8, 4) is 5.75 Å². The summed E-state index contributed by atoms with van der Waals surface area (Å²) in [7, 11) is 1.42. The van der Waals surface area contributed by atoms with Crippen LogP contribution in [0.2, 0.25) is 15.1 Å². The highest BCUT2D eigenvalue weighted by atomic mass is 35.5. The number of rotatable bonds is 5. The fourth-order valence-electron chi connectivity index (χ4n) is 0.969. The molecule has 0 aromatic heterocycles. The zero-order valence-electron chi connectivity index (χ0n) is 9.08. The Kier molecular flexibility index (Phi) is 8.11. The molecule has 0 aliphatic heterocycles. The van der Waals surface area contributed by atoms with Gasteiger partial charge in [-0.25, -0.2) is 0 Å². The Morgan fingerprint density at radius 2 is 1.72 bits per heavy atom. The summed E-state index contributed by atoms with van der Waals surface area (Å²) in [5.41, 5.74) is 0. The summed E-state index contributed by atoms with van der Waals surface area (Å²) in [5, 5.41) is 0.955. The molecule has 0 saturated carbocycles. The Morgan fingerprint density at radius 1 is 1.17 bits per heavy atom. The van der Waals surface area contributed by atoms with Crippen LogP contribution in [-0.2, 0) is 20.9 Å². The van der Waals surface area contributed by atoms with Crippen molar-refractivity contribution in [2.24, 2.45) is 0 Å². The summed E-state index contributed by atoms with van der Waals surface area (Å²) in [6.07, 6.45) is 0. The quantitative estimate of drug-likeness (QED) is 0.512. The Morgan fingerprint density at radius 3 is 2.22 bits per heavy atom. The third-order valence-corrected chi connectivity index (χ3v) is 5.14. The van der Waals surface area contributed by atoms with E-state index < -0.39 is 6.72 Å². The monoisotopic (exact) mass is 350 g/mol. The van der Waals surface area contributed by atoms with E-state index in [9.17, 15) is 0 Å². The maximum absolute atomic E-state index is 5.96. The molecule has 0 saturated heterocycles. The molecule has 0 aliphatic carbocycles. The Hall–Kier alpha value is 0.460. The van der Waals surface area contributed by atoms with E-state index in [1.807, 2.05) is 0 Å². The van der Waals surface area contributed by atoms with Gasteiger partial charge in [-0.15, -0.1) is 0 Å². The summed E-state index contributed by atoms with van der Waals surface area (Å²) in [5.74, 6) is 0.291. The third-order valence-electron chi connectivity index (χ3n) is 1.70. The maximum Gasteiger partial charge on any atom is 0.380 e. The molecule has 0 heterocycles. The fraction of sp³-hybridized carbons (Fsp3) is 0.400. The number of hydrogen-bond donors (Lipinski definition) is 0. The molecule has 3 nitrogen and oxygen atoms in total. The lowest BCUT2D eigenvalue weighted by atomic mass is 10.3. The van der Waals surface area contributed by atoms with E-state index in [2.05, 4.69) is 0 Å². The van der Waals surface area contributed by atoms with Crippen LogP contribution in [0.5, 0.6) is 5.75 Å². The lowest BCUT2D eigenvalue weighted by Crippen LogP contribution is -2.00. The standard InChI is InChI=1S/C9H10Cl3O3PS.CH4/c1-3-14-16(17,13-2)15-9-5-7(11)6(10)4-8(9)12;/h4-5H,3H2,1-2H3;1H4. The normalized spacial score (nSPS) is 13.6. The molecule has 1 aromatic carbocycles. The van der Waals surface area contributed by atoms with E-state index in [0.29, 0.717) is 27.4 Å². The Balaban J connectivity index is 0.00000289. The van der Waals surface area contributed by atoms with Crippen LogP contribution in [-0.4, -0.2) is 13.7 Å². The molecule has 1 atom stereocenters. The van der Waals surface area contributed by atoms with Crippen LogP contribution < -0.4 is 4.52 Å². The second-order valence-electron chi connectivity index (χ2n) is 2.84. The largest absolute Gasteiger partial charge is 0.422 e. The zero-order chi connectivity index (χ0) is 13.1. The number of halogens is 3. The minimum absolute atomic E-state index is 0. The molecular formula is C10H14Cl3O3PS. The van der Waals surface area contributed by atoms with Gasteiger partial charge < -0.3 is 9.05 Å². The molecule has 1 unspecified atom stereocenters. The van der Waals surface area contributed by atoms with Crippen LogP contribution in [0.25, 0.3) is 0 Å². The topological polar surface area (TPSA) is 27.7 Å². The van der Waals surface area contributed by atoms with E-state index in [-0.39, 0.29) is 7.43 Å². The van der Waals surface area contributed by atoms with Crippen LogP contribution in [0, 0.1) is 0 Å². The first-order valence-electron chi connectivity index (χ1n) is 4.56. The molecule has 0 spiro atoms. The van der Waals surface area contributed by atoms with Gasteiger partial charge in [-0.1, -0.05) is 42.2 Å². The van der Waals surface area contributed by atoms with Gasteiger partial charge in [0, 0.05) is 25.0 Å². The van der Waals surface area contributed by atoms with Crippen LogP contribution in [0.4, 0.5) is 0 Å². The van der Waals surface area contributed by atoms with E-state index in [0.717, 1.165) is 0 Å². The first-order chi connectivity index (χ1) is 7.91. The smallest absolute Gasteiger partial charge is 0.380 e. The van der Waals surface area contributed by atoms with Gasteiger partial charge in [-0.2, -0.15) is 0 Å². The lowest BCUT2D eigenvalue weighted by Gasteiger charge is -2.20. The van der Waals surface area contributed by atoms with Gasteiger partial charge in [0.1, 0.15) is 5.75 Å². The van der Waals surface area contributed by atoms with Crippen LogP contribution in [0.15, 0.2) is 12.1 Å². The van der Waals surface area contributed by atoms with E-state index in [1.165, 1.54) is 19.2 Å². The fourth-order valence-corrected chi connectivity index (χ4v) is 3.10. The average molecular weight is 352 g/mol. The van der Waals surface area contributed by atoms with Crippen molar-refractivity contribution >= 4 is 53.3 Å². The molecule has 8 heteroatoms. The van der Waals surface area contributed by atoms with E-state index in [1.54, 1.807) is 6.92 Å². The molecule has 0 fully saturated rings.